The van der Waals surface area contributed by atoms with E-state index in [2.05, 4.69) is 56.2 Å². The van der Waals surface area contributed by atoms with Crippen LogP contribution in [0.25, 0.3) is 5.69 Å². The third kappa shape index (κ3) is 3.44. The fourth-order valence-electron chi connectivity index (χ4n) is 2.02. The molecule has 0 amide bonds. The summed E-state index contributed by atoms with van der Waals surface area (Å²) < 4.78 is 1.93. The van der Waals surface area contributed by atoms with Crippen LogP contribution in [0.3, 0.4) is 0 Å². The average molecular weight is 257 g/mol. The largest absolute Gasteiger partial charge is 0.327 e. The second-order valence-corrected chi connectivity index (χ2v) is 5.38. The Morgan fingerprint density at radius 1 is 1.16 bits per heavy atom. The standard InChI is InChI=1S/C16H23N3/c1-4-14(17)11-13-5-7-15(8-6-13)19-10-9-16(18-19)12(2)3/h5-10,12,14H,4,11,17H2,1-3H3. The quantitative estimate of drug-likeness (QED) is 0.893. The van der Waals surface area contributed by atoms with Gasteiger partial charge in [-0.3, -0.25) is 0 Å². The van der Waals surface area contributed by atoms with Crippen LogP contribution < -0.4 is 5.73 Å². The molecule has 19 heavy (non-hydrogen) atoms. The zero-order valence-corrected chi connectivity index (χ0v) is 12.0. The van der Waals surface area contributed by atoms with Crippen molar-refractivity contribution in [2.75, 3.05) is 0 Å². The van der Waals surface area contributed by atoms with Crippen molar-refractivity contribution in [3.8, 4) is 5.69 Å². The predicted octanol–water partition coefficient (Wildman–Crippen LogP) is 3.28. The first kappa shape index (κ1) is 13.8. The van der Waals surface area contributed by atoms with Gasteiger partial charge in [0.1, 0.15) is 0 Å². The molecule has 2 rings (SSSR count). The summed E-state index contributed by atoms with van der Waals surface area (Å²) in [4.78, 5) is 0. The van der Waals surface area contributed by atoms with E-state index in [0.717, 1.165) is 24.2 Å². The third-order valence-corrected chi connectivity index (χ3v) is 3.42. The number of nitrogens with two attached hydrogens (primary N) is 1. The van der Waals surface area contributed by atoms with Crippen LogP contribution in [-0.2, 0) is 6.42 Å². The minimum absolute atomic E-state index is 0.253. The Balaban J connectivity index is 2.13. The molecule has 0 bridgehead atoms. The number of hydrogen-bond donors (Lipinski definition) is 1. The molecule has 1 aromatic carbocycles. The van der Waals surface area contributed by atoms with E-state index >= 15 is 0 Å². The van der Waals surface area contributed by atoms with E-state index in [1.807, 2.05) is 10.9 Å². The number of aromatic nitrogens is 2. The Hall–Kier alpha value is -1.61. The van der Waals surface area contributed by atoms with Crippen LogP contribution in [0.2, 0.25) is 0 Å². The lowest BCUT2D eigenvalue weighted by Crippen LogP contribution is -2.21. The molecule has 0 saturated heterocycles. The number of benzene rings is 1. The summed E-state index contributed by atoms with van der Waals surface area (Å²) in [5.74, 6) is 0.461. The molecule has 0 fully saturated rings. The zero-order valence-electron chi connectivity index (χ0n) is 12.0. The lowest BCUT2D eigenvalue weighted by atomic mass is 10.0. The molecule has 0 saturated carbocycles. The van der Waals surface area contributed by atoms with E-state index in [-0.39, 0.29) is 6.04 Å². The van der Waals surface area contributed by atoms with Crippen molar-refractivity contribution >= 4 is 0 Å². The fourth-order valence-corrected chi connectivity index (χ4v) is 2.02. The second kappa shape index (κ2) is 6.02. The molecule has 2 aromatic rings. The molecule has 1 unspecified atom stereocenters. The SMILES string of the molecule is CCC(N)Cc1ccc(-n2ccc(C(C)C)n2)cc1. The van der Waals surface area contributed by atoms with E-state index in [1.165, 1.54) is 5.56 Å². The number of hydrogen-bond acceptors (Lipinski definition) is 2. The van der Waals surface area contributed by atoms with E-state index in [0.29, 0.717) is 5.92 Å². The molecule has 0 aliphatic heterocycles. The van der Waals surface area contributed by atoms with Crippen LogP contribution in [-0.4, -0.2) is 15.8 Å². The first-order chi connectivity index (χ1) is 9.10. The molecule has 3 heteroatoms. The minimum Gasteiger partial charge on any atom is -0.327 e. The highest BCUT2D eigenvalue weighted by molar-refractivity contribution is 5.34. The van der Waals surface area contributed by atoms with Crippen LogP contribution in [0.15, 0.2) is 36.5 Å². The molecule has 1 heterocycles. The summed E-state index contributed by atoms with van der Waals surface area (Å²) in [6.07, 6.45) is 3.97. The Labute approximate surface area is 115 Å². The van der Waals surface area contributed by atoms with Gasteiger partial charge in [0.05, 0.1) is 11.4 Å². The van der Waals surface area contributed by atoms with Gasteiger partial charge in [-0.2, -0.15) is 5.10 Å². The third-order valence-electron chi connectivity index (χ3n) is 3.42. The smallest absolute Gasteiger partial charge is 0.0654 e. The average Bonchev–Trinajstić information content (AvgIpc) is 2.89. The van der Waals surface area contributed by atoms with Crippen molar-refractivity contribution < 1.29 is 0 Å². The topological polar surface area (TPSA) is 43.8 Å². The lowest BCUT2D eigenvalue weighted by molar-refractivity contribution is 0.646. The molecule has 0 spiro atoms. The molecule has 0 radical (unpaired) electrons. The van der Waals surface area contributed by atoms with Crippen LogP contribution in [0.1, 0.15) is 44.4 Å². The van der Waals surface area contributed by atoms with Gasteiger partial charge < -0.3 is 5.73 Å². The van der Waals surface area contributed by atoms with Crippen LogP contribution in [0, 0.1) is 0 Å². The van der Waals surface area contributed by atoms with Crippen LogP contribution in [0.5, 0.6) is 0 Å². The summed E-state index contributed by atoms with van der Waals surface area (Å²) in [6.45, 7) is 6.43. The van der Waals surface area contributed by atoms with Gasteiger partial charge in [0.2, 0.25) is 0 Å². The fraction of sp³-hybridized carbons (Fsp3) is 0.438. The molecule has 1 aromatic heterocycles. The maximum Gasteiger partial charge on any atom is 0.0654 e. The number of rotatable bonds is 5. The van der Waals surface area contributed by atoms with E-state index in [4.69, 9.17) is 5.73 Å². The maximum absolute atomic E-state index is 5.97. The van der Waals surface area contributed by atoms with Gasteiger partial charge in [-0.05, 0) is 42.5 Å². The lowest BCUT2D eigenvalue weighted by Gasteiger charge is -2.09. The first-order valence-corrected chi connectivity index (χ1v) is 7.00. The summed E-state index contributed by atoms with van der Waals surface area (Å²) >= 11 is 0. The van der Waals surface area contributed by atoms with Gasteiger partial charge in [-0.15, -0.1) is 0 Å². The monoisotopic (exact) mass is 257 g/mol. The normalized spacial score (nSPS) is 12.9. The summed E-state index contributed by atoms with van der Waals surface area (Å²) in [5.41, 5.74) is 9.48. The highest BCUT2D eigenvalue weighted by Gasteiger charge is 2.05. The van der Waals surface area contributed by atoms with Crippen LogP contribution >= 0.6 is 0 Å². The highest BCUT2D eigenvalue weighted by atomic mass is 15.3. The minimum atomic E-state index is 0.253. The second-order valence-electron chi connectivity index (χ2n) is 5.38. The summed E-state index contributed by atoms with van der Waals surface area (Å²) in [7, 11) is 0. The highest BCUT2D eigenvalue weighted by Crippen LogP contribution is 2.15. The van der Waals surface area contributed by atoms with Gasteiger partial charge in [0.25, 0.3) is 0 Å². The van der Waals surface area contributed by atoms with Crippen LogP contribution in [0.4, 0.5) is 0 Å². The van der Waals surface area contributed by atoms with Gasteiger partial charge in [0, 0.05) is 12.2 Å². The van der Waals surface area contributed by atoms with E-state index < -0.39 is 0 Å². The first-order valence-electron chi connectivity index (χ1n) is 7.00. The van der Waals surface area contributed by atoms with Crippen molar-refractivity contribution in [2.45, 2.75) is 45.6 Å². The van der Waals surface area contributed by atoms with Gasteiger partial charge in [0.15, 0.2) is 0 Å². The van der Waals surface area contributed by atoms with E-state index in [1.54, 1.807) is 0 Å². The zero-order chi connectivity index (χ0) is 13.8. The van der Waals surface area contributed by atoms with Gasteiger partial charge in [-0.25, -0.2) is 4.68 Å². The molecule has 0 aliphatic carbocycles. The van der Waals surface area contributed by atoms with Crippen molar-refractivity contribution in [3.63, 3.8) is 0 Å². The van der Waals surface area contributed by atoms with Gasteiger partial charge in [-0.1, -0.05) is 32.9 Å². The van der Waals surface area contributed by atoms with Crippen molar-refractivity contribution in [1.82, 2.24) is 9.78 Å². The Morgan fingerprint density at radius 3 is 2.37 bits per heavy atom. The van der Waals surface area contributed by atoms with E-state index in [9.17, 15) is 0 Å². The Kier molecular flexibility index (Phi) is 4.38. The molecular formula is C16H23N3. The summed E-state index contributed by atoms with van der Waals surface area (Å²) in [5, 5.41) is 4.58. The predicted molar refractivity (Wildman–Crippen MR) is 79.6 cm³/mol. The maximum atomic E-state index is 5.97. The Morgan fingerprint density at radius 2 is 1.84 bits per heavy atom. The van der Waals surface area contributed by atoms with Gasteiger partial charge >= 0.3 is 0 Å². The summed E-state index contributed by atoms with van der Waals surface area (Å²) in [6, 6.07) is 10.8. The molecule has 3 nitrogen and oxygen atoms in total. The number of nitrogens with zero attached hydrogens (tertiary/aromatic N) is 2. The van der Waals surface area contributed by atoms with Crippen molar-refractivity contribution in [3.05, 3.63) is 47.8 Å². The van der Waals surface area contributed by atoms with Crippen molar-refractivity contribution in [1.29, 1.82) is 0 Å². The van der Waals surface area contributed by atoms with Crippen molar-refractivity contribution in [2.24, 2.45) is 5.73 Å². The molecule has 0 aliphatic rings. The molecular weight excluding hydrogens is 234 g/mol. The molecule has 1 atom stereocenters. The molecule has 102 valence electrons. The Bertz CT molecular complexity index is 511. The molecule has 2 N–H and O–H groups in total.